The normalized spacial score (nSPS) is 10.4. The van der Waals surface area contributed by atoms with Crippen molar-refractivity contribution in [2.75, 3.05) is 11.9 Å². The van der Waals surface area contributed by atoms with Crippen LogP contribution in [0.1, 0.15) is 18.7 Å². The topological polar surface area (TPSA) is 63.2 Å². The largest absolute Gasteiger partial charge is 0.473 e. The number of ether oxygens (including phenoxy) is 1. The summed E-state index contributed by atoms with van der Waals surface area (Å²) in [6.07, 6.45) is 2.47. The number of rotatable bonds is 6. The predicted octanol–water partition coefficient (Wildman–Crippen LogP) is 3.29. The van der Waals surface area contributed by atoms with Crippen LogP contribution in [0.15, 0.2) is 35.8 Å². The van der Waals surface area contributed by atoms with Gasteiger partial charge in [-0.2, -0.15) is 0 Å². The lowest BCUT2D eigenvalue weighted by molar-refractivity contribution is 0.233. The summed E-state index contributed by atoms with van der Waals surface area (Å²) in [7, 11) is 0. The number of urea groups is 1. The van der Waals surface area contributed by atoms with E-state index in [4.69, 9.17) is 4.74 Å². The third-order valence-corrected chi connectivity index (χ3v) is 3.54. The van der Waals surface area contributed by atoms with Crippen LogP contribution < -0.4 is 15.4 Å². The molecule has 0 aromatic carbocycles. The summed E-state index contributed by atoms with van der Waals surface area (Å²) >= 11 is 1.69. The maximum atomic E-state index is 11.9. The Bertz CT molecular complexity index is 570. The standard InChI is InChI=1S/C15H19N3O2S/c1-11(2)20-14-13(6-3-8-16-14)18-15(19)17-9-7-12-5-4-10-21-12/h3-6,8,10-11H,7,9H2,1-2H3,(H2,17,18,19). The van der Waals surface area contributed by atoms with Crippen LogP contribution in [0.4, 0.5) is 10.5 Å². The molecular formula is C15H19N3O2S. The lowest BCUT2D eigenvalue weighted by atomic mass is 10.3. The first-order valence-electron chi connectivity index (χ1n) is 6.84. The van der Waals surface area contributed by atoms with Crippen molar-refractivity contribution in [3.8, 4) is 5.88 Å². The van der Waals surface area contributed by atoms with E-state index in [1.807, 2.05) is 25.3 Å². The molecule has 2 aromatic rings. The van der Waals surface area contributed by atoms with E-state index in [1.54, 1.807) is 29.7 Å². The SMILES string of the molecule is CC(C)Oc1ncccc1NC(=O)NCCc1cccs1. The smallest absolute Gasteiger partial charge is 0.319 e. The number of hydrogen-bond acceptors (Lipinski definition) is 4. The van der Waals surface area contributed by atoms with Gasteiger partial charge in [-0.1, -0.05) is 6.07 Å². The molecule has 0 saturated heterocycles. The molecule has 2 rings (SSSR count). The Labute approximate surface area is 128 Å². The van der Waals surface area contributed by atoms with Crippen LogP contribution in [0, 0.1) is 0 Å². The fraction of sp³-hybridized carbons (Fsp3) is 0.333. The fourth-order valence-corrected chi connectivity index (χ4v) is 2.43. The predicted molar refractivity (Wildman–Crippen MR) is 85.0 cm³/mol. The molecule has 0 spiro atoms. The van der Waals surface area contributed by atoms with Gasteiger partial charge < -0.3 is 15.4 Å². The van der Waals surface area contributed by atoms with Crippen LogP contribution >= 0.6 is 11.3 Å². The highest BCUT2D eigenvalue weighted by Crippen LogP contribution is 2.21. The number of hydrogen-bond donors (Lipinski definition) is 2. The van der Waals surface area contributed by atoms with Gasteiger partial charge in [-0.3, -0.25) is 0 Å². The first kappa shape index (κ1) is 15.3. The number of amides is 2. The summed E-state index contributed by atoms with van der Waals surface area (Å²) < 4.78 is 5.56. The van der Waals surface area contributed by atoms with Crippen molar-refractivity contribution < 1.29 is 9.53 Å². The maximum absolute atomic E-state index is 11.9. The summed E-state index contributed by atoms with van der Waals surface area (Å²) in [5, 5.41) is 7.61. The van der Waals surface area contributed by atoms with Crippen molar-refractivity contribution in [1.29, 1.82) is 0 Å². The average Bonchev–Trinajstić information content (AvgIpc) is 2.93. The maximum Gasteiger partial charge on any atom is 0.319 e. The van der Waals surface area contributed by atoms with Gasteiger partial charge in [-0.15, -0.1) is 11.3 Å². The molecule has 112 valence electrons. The molecule has 2 amide bonds. The third kappa shape index (κ3) is 5.07. The summed E-state index contributed by atoms with van der Waals surface area (Å²) in [6, 6.07) is 7.33. The van der Waals surface area contributed by atoms with Crippen molar-refractivity contribution in [3.63, 3.8) is 0 Å². The second-order valence-corrected chi connectivity index (χ2v) is 5.77. The van der Waals surface area contributed by atoms with Gasteiger partial charge in [-0.25, -0.2) is 9.78 Å². The van der Waals surface area contributed by atoms with Gasteiger partial charge >= 0.3 is 6.03 Å². The van der Waals surface area contributed by atoms with Crippen LogP contribution in [-0.4, -0.2) is 23.7 Å². The van der Waals surface area contributed by atoms with Gasteiger partial charge in [0.15, 0.2) is 0 Å². The summed E-state index contributed by atoms with van der Waals surface area (Å²) in [5.41, 5.74) is 0.569. The molecule has 0 fully saturated rings. The van der Waals surface area contributed by atoms with E-state index >= 15 is 0 Å². The van der Waals surface area contributed by atoms with Gasteiger partial charge in [0.1, 0.15) is 5.69 Å². The zero-order chi connectivity index (χ0) is 15.1. The molecule has 6 heteroatoms. The molecule has 5 nitrogen and oxygen atoms in total. The summed E-state index contributed by atoms with van der Waals surface area (Å²) in [5.74, 6) is 0.431. The molecule has 2 N–H and O–H groups in total. The highest BCUT2D eigenvalue weighted by atomic mass is 32.1. The van der Waals surface area contributed by atoms with Crippen LogP contribution in [0.5, 0.6) is 5.88 Å². The minimum absolute atomic E-state index is 0.00217. The first-order chi connectivity index (χ1) is 10.1. The minimum atomic E-state index is -0.256. The van der Waals surface area contributed by atoms with Crippen LogP contribution in [0.3, 0.4) is 0 Å². The van der Waals surface area contributed by atoms with Crippen molar-refractivity contribution in [2.45, 2.75) is 26.4 Å². The van der Waals surface area contributed by atoms with E-state index in [1.165, 1.54) is 4.88 Å². The molecule has 0 atom stereocenters. The van der Waals surface area contributed by atoms with E-state index in [2.05, 4.69) is 21.7 Å². The number of pyridine rings is 1. The minimum Gasteiger partial charge on any atom is -0.473 e. The molecule has 0 aliphatic carbocycles. The van der Waals surface area contributed by atoms with E-state index in [-0.39, 0.29) is 12.1 Å². The van der Waals surface area contributed by atoms with E-state index in [0.29, 0.717) is 18.1 Å². The second-order valence-electron chi connectivity index (χ2n) is 4.73. The van der Waals surface area contributed by atoms with Crippen LogP contribution in [-0.2, 0) is 6.42 Å². The number of nitrogens with one attached hydrogen (secondary N) is 2. The lowest BCUT2D eigenvalue weighted by Crippen LogP contribution is -2.30. The van der Waals surface area contributed by atoms with E-state index in [9.17, 15) is 4.79 Å². The molecule has 2 heterocycles. The molecule has 2 aromatic heterocycles. The Kier molecular flexibility index (Phi) is 5.57. The Morgan fingerprint density at radius 1 is 1.38 bits per heavy atom. The summed E-state index contributed by atoms with van der Waals surface area (Å²) in [6.45, 7) is 4.42. The molecule has 0 bridgehead atoms. The highest BCUT2D eigenvalue weighted by Gasteiger charge is 2.09. The van der Waals surface area contributed by atoms with Gasteiger partial charge in [-0.05, 0) is 43.8 Å². The molecule has 0 unspecified atom stereocenters. The molecule has 0 aliphatic heterocycles. The molecule has 21 heavy (non-hydrogen) atoms. The van der Waals surface area contributed by atoms with Gasteiger partial charge in [0.2, 0.25) is 5.88 Å². The lowest BCUT2D eigenvalue weighted by Gasteiger charge is -2.13. The number of carbonyl (C=O) groups is 1. The zero-order valence-electron chi connectivity index (χ0n) is 12.1. The number of anilines is 1. The number of thiophene rings is 1. The first-order valence-corrected chi connectivity index (χ1v) is 7.72. The second kappa shape index (κ2) is 7.64. The van der Waals surface area contributed by atoms with Gasteiger partial charge in [0.25, 0.3) is 0 Å². The van der Waals surface area contributed by atoms with Gasteiger partial charge in [0, 0.05) is 17.6 Å². The van der Waals surface area contributed by atoms with E-state index < -0.39 is 0 Å². The third-order valence-electron chi connectivity index (χ3n) is 2.60. The quantitative estimate of drug-likeness (QED) is 0.860. The molecule has 0 aliphatic rings. The number of aromatic nitrogens is 1. The number of nitrogens with zero attached hydrogens (tertiary/aromatic N) is 1. The Morgan fingerprint density at radius 3 is 2.95 bits per heavy atom. The molecule has 0 radical (unpaired) electrons. The van der Waals surface area contributed by atoms with Crippen molar-refractivity contribution in [1.82, 2.24) is 10.3 Å². The van der Waals surface area contributed by atoms with Gasteiger partial charge in [0.05, 0.1) is 6.10 Å². The average molecular weight is 305 g/mol. The Hall–Kier alpha value is -2.08. The Balaban J connectivity index is 1.84. The van der Waals surface area contributed by atoms with Crippen molar-refractivity contribution >= 4 is 23.1 Å². The number of carbonyl (C=O) groups excluding carboxylic acids is 1. The van der Waals surface area contributed by atoms with Crippen LogP contribution in [0.25, 0.3) is 0 Å². The Morgan fingerprint density at radius 2 is 2.24 bits per heavy atom. The monoisotopic (exact) mass is 305 g/mol. The summed E-state index contributed by atoms with van der Waals surface area (Å²) in [4.78, 5) is 17.3. The zero-order valence-corrected chi connectivity index (χ0v) is 12.9. The highest BCUT2D eigenvalue weighted by molar-refractivity contribution is 7.09. The van der Waals surface area contributed by atoms with E-state index in [0.717, 1.165) is 6.42 Å². The fourth-order valence-electron chi connectivity index (χ4n) is 1.72. The van der Waals surface area contributed by atoms with Crippen molar-refractivity contribution in [3.05, 3.63) is 40.7 Å². The van der Waals surface area contributed by atoms with Crippen molar-refractivity contribution in [2.24, 2.45) is 0 Å². The van der Waals surface area contributed by atoms with Crippen LogP contribution in [0.2, 0.25) is 0 Å². The molecular weight excluding hydrogens is 286 g/mol. The molecule has 0 saturated carbocycles.